The third kappa shape index (κ3) is 2.90. The number of allylic oxidation sites excluding steroid dienone is 3. The summed E-state index contributed by atoms with van der Waals surface area (Å²) in [7, 11) is 0. The fraction of sp³-hybridized carbons (Fsp3) is 0.409. The van der Waals surface area contributed by atoms with E-state index in [1.807, 2.05) is 0 Å². The van der Waals surface area contributed by atoms with E-state index in [4.69, 9.17) is 4.98 Å². The van der Waals surface area contributed by atoms with E-state index in [0.717, 1.165) is 23.7 Å². The van der Waals surface area contributed by atoms with E-state index < -0.39 is 0 Å². The van der Waals surface area contributed by atoms with Gasteiger partial charge < -0.3 is 5.32 Å². The van der Waals surface area contributed by atoms with E-state index in [0.29, 0.717) is 11.8 Å². The molecule has 26 heavy (non-hydrogen) atoms. The number of hydrogen-bond acceptors (Lipinski definition) is 3. The monoisotopic (exact) mass is 368 g/mol. The molecule has 136 valence electrons. The van der Waals surface area contributed by atoms with Crippen molar-refractivity contribution in [1.82, 2.24) is 4.98 Å². The van der Waals surface area contributed by atoms with Crippen molar-refractivity contribution in [1.29, 1.82) is 0 Å². The summed E-state index contributed by atoms with van der Waals surface area (Å²) in [5.41, 5.74) is 5.02. The summed E-state index contributed by atoms with van der Waals surface area (Å²) in [6.07, 6.45) is 5.68. The highest BCUT2D eigenvalue weighted by atomic mass is 32.1. The van der Waals surface area contributed by atoms with Crippen molar-refractivity contribution in [2.45, 2.75) is 40.0 Å². The van der Waals surface area contributed by atoms with Gasteiger partial charge in [0.15, 0.2) is 5.13 Å². The molecule has 1 heterocycles. The fourth-order valence-electron chi connectivity index (χ4n) is 4.32. The summed E-state index contributed by atoms with van der Waals surface area (Å²) < 4.78 is 13.1. The zero-order valence-electron chi connectivity index (χ0n) is 15.6. The third-order valence-corrected chi connectivity index (χ3v) is 7.26. The number of hydrogen-bond donors (Lipinski definition) is 1. The zero-order valence-corrected chi connectivity index (χ0v) is 16.4. The number of nitrogens with one attached hydrogen (secondary N) is 1. The summed E-state index contributed by atoms with van der Waals surface area (Å²) >= 11 is 1.72. The lowest BCUT2D eigenvalue weighted by atomic mass is 9.59. The summed E-state index contributed by atoms with van der Waals surface area (Å²) in [5.74, 6) is 0.916. The van der Waals surface area contributed by atoms with Crippen LogP contribution in [0.15, 0.2) is 42.5 Å². The average Bonchev–Trinajstić information content (AvgIpc) is 2.99. The fourth-order valence-corrected chi connectivity index (χ4v) is 5.51. The molecule has 0 fully saturated rings. The number of nitrogens with zero attached hydrogens (tertiary/aromatic N) is 1. The molecule has 0 amide bonds. The van der Waals surface area contributed by atoms with Gasteiger partial charge in [-0.25, -0.2) is 9.37 Å². The van der Waals surface area contributed by atoms with Crippen molar-refractivity contribution in [3.05, 3.63) is 58.9 Å². The molecule has 1 aromatic carbocycles. The van der Waals surface area contributed by atoms with Crippen LogP contribution in [-0.2, 0) is 6.42 Å². The van der Waals surface area contributed by atoms with Gasteiger partial charge >= 0.3 is 0 Å². The molecule has 0 spiro atoms. The topological polar surface area (TPSA) is 24.9 Å². The molecule has 2 aliphatic rings. The predicted molar refractivity (Wildman–Crippen MR) is 108 cm³/mol. The predicted octanol–water partition coefficient (Wildman–Crippen LogP) is 6.59. The first-order valence-corrected chi connectivity index (χ1v) is 10.1. The quantitative estimate of drug-likeness (QED) is 0.618. The van der Waals surface area contributed by atoms with Crippen LogP contribution < -0.4 is 5.32 Å². The highest BCUT2D eigenvalue weighted by Gasteiger charge is 2.45. The van der Waals surface area contributed by atoms with E-state index in [2.05, 4.69) is 38.7 Å². The van der Waals surface area contributed by atoms with Crippen LogP contribution in [0.1, 0.15) is 44.2 Å². The zero-order chi connectivity index (χ0) is 18.5. The Morgan fingerprint density at radius 1 is 1.35 bits per heavy atom. The first kappa shape index (κ1) is 17.5. The molecule has 1 N–H and O–H groups in total. The number of anilines is 2. The first-order valence-electron chi connectivity index (χ1n) is 9.25. The van der Waals surface area contributed by atoms with Gasteiger partial charge in [0.1, 0.15) is 5.82 Å². The molecular formula is C22H25FN2S. The van der Waals surface area contributed by atoms with E-state index >= 15 is 0 Å². The van der Waals surface area contributed by atoms with Crippen molar-refractivity contribution in [2.24, 2.45) is 17.3 Å². The van der Waals surface area contributed by atoms with Gasteiger partial charge in [-0.15, -0.1) is 0 Å². The minimum absolute atomic E-state index is 0.189. The highest BCUT2D eigenvalue weighted by molar-refractivity contribution is 7.16. The maximum Gasteiger partial charge on any atom is 0.187 e. The van der Waals surface area contributed by atoms with Gasteiger partial charge in [0, 0.05) is 5.69 Å². The number of halogens is 1. The second kappa shape index (κ2) is 6.34. The Bertz CT molecular complexity index is 880. The van der Waals surface area contributed by atoms with Gasteiger partial charge in [-0.1, -0.05) is 43.4 Å². The Kier molecular flexibility index (Phi) is 4.26. The standard InChI is InChI=1S/C22H25FN2S/c1-13(2)15-5-10-18-20-19(11-14(3)22(18,4)12-15)25-21(26-20)24-17-8-6-16(23)7-9-17/h6-10,14-15H,1,5,11-12H2,2-4H3,(H,24,25)/t14-,15-,22+/m1/s1. The molecule has 2 nitrogen and oxygen atoms in total. The molecule has 0 saturated heterocycles. The van der Waals surface area contributed by atoms with E-state index in [-0.39, 0.29) is 11.2 Å². The second-order valence-electron chi connectivity index (χ2n) is 8.05. The van der Waals surface area contributed by atoms with Crippen molar-refractivity contribution in [3.8, 4) is 0 Å². The maximum absolute atomic E-state index is 13.1. The molecular weight excluding hydrogens is 343 g/mol. The lowest BCUT2D eigenvalue weighted by molar-refractivity contribution is 0.217. The van der Waals surface area contributed by atoms with Crippen molar-refractivity contribution >= 4 is 27.7 Å². The van der Waals surface area contributed by atoms with Crippen LogP contribution in [0.2, 0.25) is 0 Å². The Hall–Kier alpha value is -1.94. The van der Waals surface area contributed by atoms with Gasteiger partial charge in [-0.2, -0.15) is 0 Å². The first-order chi connectivity index (χ1) is 12.4. The molecule has 0 saturated carbocycles. The summed E-state index contributed by atoms with van der Waals surface area (Å²) in [6.45, 7) is 11.1. The molecule has 0 aliphatic heterocycles. The van der Waals surface area contributed by atoms with Gasteiger partial charge in [0.05, 0.1) is 10.6 Å². The van der Waals surface area contributed by atoms with Crippen molar-refractivity contribution in [2.75, 3.05) is 5.32 Å². The maximum atomic E-state index is 13.1. The van der Waals surface area contributed by atoms with E-state index in [9.17, 15) is 4.39 Å². The number of thiazole rings is 1. The number of benzene rings is 1. The molecule has 1 aromatic heterocycles. The van der Waals surface area contributed by atoms with Crippen LogP contribution in [0.5, 0.6) is 0 Å². The molecule has 0 radical (unpaired) electrons. The molecule has 2 aromatic rings. The summed E-state index contributed by atoms with van der Waals surface area (Å²) in [5, 5.41) is 4.23. The number of aromatic nitrogens is 1. The van der Waals surface area contributed by atoms with Gasteiger partial charge in [0.25, 0.3) is 0 Å². The summed E-state index contributed by atoms with van der Waals surface area (Å²) in [4.78, 5) is 6.18. The molecule has 0 bridgehead atoms. The van der Waals surface area contributed by atoms with Crippen LogP contribution in [0, 0.1) is 23.1 Å². The largest absolute Gasteiger partial charge is 0.332 e. The molecule has 3 atom stereocenters. The normalized spacial score (nSPS) is 27.3. The van der Waals surface area contributed by atoms with Crippen LogP contribution in [0.3, 0.4) is 0 Å². The van der Waals surface area contributed by atoms with Crippen LogP contribution >= 0.6 is 11.3 Å². The van der Waals surface area contributed by atoms with E-state index in [1.165, 1.54) is 40.3 Å². The van der Waals surface area contributed by atoms with Gasteiger partial charge in [-0.05, 0) is 73.3 Å². The van der Waals surface area contributed by atoms with Crippen LogP contribution in [0.25, 0.3) is 5.57 Å². The number of fused-ring (bicyclic) bond motifs is 3. The average molecular weight is 369 g/mol. The molecule has 4 heteroatoms. The molecule has 4 rings (SSSR count). The lowest BCUT2D eigenvalue weighted by Crippen LogP contribution is -2.36. The van der Waals surface area contributed by atoms with Gasteiger partial charge in [-0.3, -0.25) is 0 Å². The number of rotatable bonds is 3. The lowest BCUT2D eigenvalue weighted by Gasteiger charge is -2.46. The Balaban J connectivity index is 1.67. The van der Waals surface area contributed by atoms with Crippen molar-refractivity contribution < 1.29 is 4.39 Å². The Morgan fingerprint density at radius 2 is 2.08 bits per heavy atom. The third-order valence-electron chi connectivity index (χ3n) is 6.21. The van der Waals surface area contributed by atoms with Crippen LogP contribution in [-0.4, -0.2) is 4.98 Å². The van der Waals surface area contributed by atoms with Gasteiger partial charge in [0.2, 0.25) is 0 Å². The van der Waals surface area contributed by atoms with Crippen LogP contribution in [0.4, 0.5) is 15.2 Å². The smallest absolute Gasteiger partial charge is 0.187 e. The van der Waals surface area contributed by atoms with Crippen molar-refractivity contribution in [3.63, 3.8) is 0 Å². The van der Waals surface area contributed by atoms with E-state index in [1.54, 1.807) is 23.5 Å². The Labute approximate surface area is 158 Å². The minimum Gasteiger partial charge on any atom is -0.332 e. The Morgan fingerprint density at radius 3 is 2.77 bits per heavy atom. The molecule has 0 unspecified atom stereocenters. The highest BCUT2D eigenvalue weighted by Crippen LogP contribution is 2.57. The SMILES string of the molecule is C=C(C)[C@@H]1CC=C2c3sc(Nc4ccc(F)cc4)nc3C[C@@H](C)[C@]2(C)C1. The second-order valence-corrected chi connectivity index (χ2v) is 9.05. The molecule has 2 aliphatic carbocycles. The minimum atomic E-state index is -0.224. The summed E-state index contributed by atoms with van der Waals surface area (Å²) in [6, 6.07) is 6.44.